The lowest BCUT2D eigenvalue weighted by Gasteiger charge is -2.39. The molecule has 3 nitrogen and oxygen atoms in total. The summed E-state index contributed by atoms with van der Waals surface area (Å²) >= 11 is 0. The third-order valence-corrected chi connectivity index (χ3v) is 3.23. The second-order valence-electron chi connectivity index (χ2n) is 4.49. The van der Waals surface area contributed by atoms with Crippen molar-refractivity contribution in [1.82, 2.24) is 4.90 Å². The van der Waals surface area contributed by atoms with E-state index in [0.717, 1.165) is 12.8 Å². The zero-order valence-electron chi connectivity index (χ0n) is 8.79. The predicted octanol–water partition coefficient (Wildman–Crippen LogP) is 1.53. The number of carbonyl (C=O) groups is 1. The van der Waals surface area contributed by atoms with Crippen molar-refractivity contribution in [3.8, 4) is 0 Å². The van der Waals surface area contributed by atoms with Gasteiger partial charge in [0, 0.05) is 0 Å². The third-order valence-electron chi connectivity index (χ3n) is 3.23. The van der Waals surface area contributed by atoms with E-state index in [1.165, 1.54) is 0 Å². The van der Waals surface area contributed by atoms with E-state index in [0.29, 0.717) is 13.1 Å². The van der Waals surface area contributed by atoms with E-state index < -0.39 is 12.0 Å². The van der Waals surface area contributed by atoms with E-state index in [2.05, 4.69) is 0 Å². The van der Waals surface area contributed by atoms with Crippen LogP contribution in [0.15, 0.2) is 0 Å². The highest BCUT2D eigenvalue weighted by molar-refractivity contribution is 5.72. The van der Waals surface area contributed by atoms with Gasteiger partial charge >= 0.3 is 5.97 Å². The molecule has 1 rings (SSSR count). The molecule has 1 aliphatic rings. The standard InChI is InChI=1S/C10H18FNO2/c1-8(9(13)14)12-5-3-10(2,7-11)4-6-12/h8H,3-7H2,1-2H3,(H,13,14)/t8-/m0/s1. The van der Waals surface area contributed by atoms with Crippen LogP contribution in [0.1, 0.15) is 26.7 Å². The molecule has 0 aromatic rings. The van der Waals surface area contributed by atoms with Gasteiger partial charge in [0.15, 0.2) is 0 Å². The smallest absolute Gasteiger partial charge is 0.320 e. The van der Waals surface area contributed by atoms with E-state index >= 15 is 0 Å². The van der Waals surface area contributed by atoms with Gasteiger partial charge in [0.1, 0.15) is 6.04 Å². The molecule has 1 aliphatic heterocycles. The lowest BCUT2D eigenvalue weighted by atomic mass is 9.81. The molecule has 0 aromatic carbocycles. The molecule has 0 saturated carbocycles. The second kappa shape index (κ2) is 4.26. The average molecular weight is 203 g/mol. The summed E-state index contributed by atoms with van der Waals surface area (Å²) in [5.41, 5.74) is -0.227. The van der Waals surface area contributed by atoms with Crippen LogP contribution < -0.4 is 0 Å². The van der Waals surface area contributed by atoms with E-state index in [-0.39, 0.29) is 12.1 Å². The number of alkyl halides is 1. The molecular formula is C10H18FNO2. The van der Waals surface area contributed by atoms with Gasteiger partial charge in [-0.25, -0.2) is 0 Å². The number of carboxylic acid groups (broad SMARTS) is 1. The number of halogens is 1. The molecule has 0 unspecified atom stereocenters. The zero-order valence-corrected chi connectivity index (χ0v) is 8.79. The van der Waals surface area contributed by atoms with E-state index in [1.54, 1.807) is 6.92 Å². The van der Waals surface area contributed by atoms with Crippen LogP contribution in [0.5, 0.6) is 0 Å². The Morgan fingerprint density at radius 2 is 2.07 bits per heavy atom. The monoisotopic (exact) mass is 203 g/mol. The number of hydrogen-bond acceptors (Lipinski definition) is 2. The molecule has 0 aromatic heterocycles. The summed E-state index contributed by atoms with van der Waals surface area (Å²) < 4.78 is 12.6. The van der Waals surface area contributed by atoms with Gasteiger partial charge in [-0.05, 0) is 38.3 Å². The molecule has 14 heavy (non-hydrogen) atoms. The molecule has 0 radical (unpaired) electrons. The number of rotatable bonds is 3. The summed E-state index contributed by atoms with van der Waals surface area (Å²) in [4.78, 5) is 12.6. The molecule has 1 atom stereocenters. The van der Waals surface area contributed by atoms with Crippen molar-refractivity contribution in [3.63, 3.8) is 0 Å². The Kier molecular flexibility index (Phi) is 3.48. The van der Waals surface area contributed by atoms with Crippen molar-refractivity contribution >= 4 is 5.97 Å². The Morgan fingerprint density at radius 1 is 1.57 bits per heavy atom. The third kappa shape index (κ3) is 2.44. The van der Waals surface area contributed by atoms with Crippen molar-refractivity contribution in [3.05, 3.63) is 0 Å². The maximum absolute atomic E-state index is 12.6. The van der Waals surface area contributed by atoms with E-state index in [9.17, 15) is 9.18 Å². The van der Waals surface area contributed by atoms with Crippen LogP contribution in [-0.4, -0.2) is 41.8 Å². The number of piperidine rings is 1. The Labute approximate surface area is 83.9 Å². The fraction of sp³-hybridized carbons (Fsp3) is 0.900. The highest BCUT2D eigenvalue weighted by atomic mass is 19.1. The summed E-state index contributed by atoms with van der Waals surface area (Å²) in [5.74, 6) is -0.797. The van der Waals surface area contributed by atoms with Crippen LogP contribution in [-0.2, 0) is 4.79 Å². The largest absolute Gasteiger partial charge is 0.480 e. The van der Waals surface area contributed by atoms with Gasteiger partial charge in [0.2, 0.25) is 0 Å². The maximum atomic E-state index is 12.6. The van der Waals surface area contributed by atoms with Gasteiger partial charge in [0.05, 0.1) is 6.67 Å². The molecule has 1 N–H and O–H groups in total. The molecule has 4 heteroatoms. The molecule has 82 valence electrons. The normalized spacial score (nSPS) is 24.5. The van der Waals surface area contributed by atoms with Gasteiger partial charge in [0.25, 0.3) is 0 Å². The molecular weight excluding hydrogens is 185 g/mol. The maximum Gasteiger partial charge on any atom is 0.320 e. The van der Waals surface area contributed by atoms with Crippen LogP contribution in [0.3, 0.4) is 0 Å². The minimum Gasteiger partial charge on any atom is -0.480 e. The van der Waals surface area contributed by atoms with E-state index in [1.807, 2.05) is 11.8 Å². The SMILES string of the molecule is C[C@@H](C(=O)O)N1CCC(C)(CF)CC1. The summed E-state index contributed by atoms with van der Waals surface area (Å²) in [6.07, 6.45) is 1.50. The van der Waals surface area contributed by atoms with Gasteiger partial charge in [-0.3, -0.25) is 14.1 Å². The summed E-state index contributed by atoms with van der Waals surface area (Å²) in [6.45, 7) is 4.68. The van der Waals surface area contributed by atoms with Crippen molar-refractivity contribution < 1.29 is 14.3 Å². The Morgan fingerprint density at radius 3 is 2.43 bits per heavy atom. The number of likely N-dealkylation sites (tertiary alicyclic amines) is 1. The fourth-order valence-electron chi connectivity index (χ4n) is 1.74. The number of hydrogen-bond donors (Lipinski definition) is 1. The highest BCUT2D eigenvalue weighted by Gasteiger charge is 2.33. The Hall–Kier alpha value is -0.640. The lowest BCUT2D eigenvalue weighted by Crippen LogP contribution is -2.46. The topological polar surface area (TPSA) is 40.5 Å². The van der Waals surface area contributed by atoms with Crippen molar-refractivity contribution in [2.75, 3.05) is 19.8 Å². The van der Waals surface area contributed by atoms with Crippen LogP contribution in [0.4, 0.5) is 4.39 Å². The van der Waals surface area contributed by atoms with Crippen LogP contribution in [0.2, 0.25) is 0 Å². The van der Waals surface area contributed by atoms with Crippen molar-refractivity contribution in [2.45, 2.75) is 32.7 Å². The lowest BCUT2D eigenvalue weighted by molar-refractivity contribution is -0.143. The van der Waals surface area contributed by atoms with Crippen LogP contribution in [0.25, 0.3) is 0 Å². The predicted molar refractivity (Wildman–Crippen MR) is 52.0 cm³/mol. The molecule has 0 spiro atoms. The van der Waals surface area contributed by atoms with Crippen molar-refractivity contribution in [2.24, 2.45) is 5.41 Å². The first-order valence-electron chi connectivity index (χ1n) is 5.01. The number of carboxylic acids is 1. The first-order valence-corrected chi connectivity index (χ1v) is 5.01. The summed E-state index contributed by atoms with van der Waals surface area (Å²) in [6, 6.07) is -0.445. The van der Waals surface area contributed by atoms with Crippen LogP contribution >= 0.6 is 0 Å². The molecule has 1 saturated heterocycles. The van der Waals surface area contributed by atoms with Crippen molar-refractivity contribution in [1.29, 1.82) is 0 Å². The minimum atomic E-state index is -0.797. The first kappa shape index (κ1) is 11.4. The highest BCUT2D eigenvalue weighted by Crippen LogP contribution is 2.31. The van der Waals surface area contributed by atoms with Gasteiger partial charge in [-0.15, -0.1) is 0 Å². The Balaban J connectivity index is 2.47. The molecule has 0 aliphatic carbocycles. The zero-order chi connectivity index (χ0) is 10.8. The number of aliphatic carboxylic acids is 1. The van der Waals surface area contributed by atoms with Gasteiger partial charge in [-0.2, -0.15) is 0 Å². The fourth-order valence-corrected chi connectivity index (χ4v) is 1.74. The second-order valence-corrected chi connectivity index (χ2v) is 4.49. The molecule has 1 fully saturated rings. The first-order chi connectivity index (χ1) is 6.48. The molecule has 1 heterocycles. The van der Waals surface area contributed by atoms with Gasteiger partial charge in [-0.1, -0.05) is 6.92 Å². The summed E-state index contributed by atoms with van der Waals surface area (Å²) in [7, 11) is 0. The number of nitrogens with zero attached hydrogens (tertiary/aromatic N) is 1. The van der Waals surface area contributed by atoms with E-state index in [4.69, 9.17) is 5.11 Å². The molecule has 0 amide bonds. The molecule has 0 bridgehead atoms. The summed E-state index contributed by atoms with van der Waals surface area (Å²) in [5, 5.41) is 8.81. The van der Waals surface area contributed by atoms with Crippen LogP contribution in [0, 0.1) is 5.41 Å². The quantitative estimate of drug-likeness (QED) is 0.756. The Bertz CT molecular complexity index is 212. The average Bonchev–Trinajstić information content (AvgIpc) is 2.18. The minimum absolute atomic E-state index is 0.227. The van der Waals surface area contributed by atoms with Gasteiger partial charge < -0.3 is 5.11 Å².